The summed E-state index contributed by atoms with van der Waals surface area (Å²) in [7, 11) is 0. The number of hydrogen-bond donors (Lipinski definition) is 1. The van der Waals surface area contributed by atoms with E-state index in [2.05, 4.69) is 17.2 Å². The van der Waals surface area contributed by atoms with Crippen LogP contribution in [0.15, 0.2) is 24.3 Å². The van der Waals surface area contributed by atoms with Crippen molar-refractivity contribution in [3.05, 3.63) is 35.4 Å². The first-order valence-electron chi connectivity index (χ1n) is 7.38. The summed E-state index contributed by atoms with van der Waals surface area (Å²) in [4.78, 5) is 11.7. The first kappa shape index (κ1) is 16.4. The van der Waals surface area contributed by atoms with Crippen LogP contribution in [0.2, 0.25) is 0 Å². The number of rotatable bonds is 3. The zero-order chi connectivity index (χ0) is 16.0. The Kier molecular flexibility index (Phi) is 5.48. The van der Waals surface area contributed by atoms with Crippen LogP contribution in [0.4, 0.5) is 13.2 Å². The molecule has 0 spiro atoms. The van der Waals surface area contributed by atoms with Gasteiger partial charge in [-0.05, 0) is 37.0 Å². The fraction of sp³-hybridized carbons (Fsp3) is 0.471. The van der Waals surface area contributed by atoms with Gasteiger partial charge >= 0.3 is 6.18 Å². The summed E-state index contributed by atoms with van der Waals surface area (Å²) in [6.07, 6.45) is 0.728. The Hall–Kier alpha value is -1.96. The van der Waals surface area contributed by atoms with Gasteiger partial charge in [0.15, 0.2) is 0 Å². The van der Waals surface area contributed by atoms with Crippen molar-refractivity contribution in [3.63, 3.8) is 0 Å². The molecule has 0 heterocycles. The number of halogens is 3. The lowest BCUT2D eigenvalue weighted by Crippen LogP contribution is -2.25. The summed E-state index contributed by atoms with van der Waals surface area (Å²) in [6, 6.07) is 4.86. The van der Waals surface area contributed by atoms with E-state index in [1.54, 1.807) is 0 Å². The average molecular weight is 309 g/mol. The van der Waals surface area contributed by atoms with Crippen LogP contribution in [0.1, 0.15) is 43.2 Å². The predicted octanol–water partition coefficient (Wildman–Crippen LogP) is 3.75. The molecule has 118 valence electrons. The lowest BCUT2D eigenvalue weighted by atomic mass is 10.0. The summed E-state index contributed by atoms with van der Waals surface area (Å²) in [5.74, 6) is 5.76. The summed E-state index contributed by atoms with van der Waals surface area (Å²) >= 11 is 0. The molecule has 1 aliphatic carbocycles. The smallest absolute Gasteiger partial charge is 0.345 e. The van der Waals surface area contributed by atoms with Gasteiger partial charge in [0.2, 0.25) is 5.91 Å². The van der Waals surface area contributed by atoms with Gasteiger partial charge in [0.25, 0.3) is 0 Å². The van der Waals surface area contributed by atoms with Gasteiger partial charge in [-0.3, -0.25) is 4.79 Å². The number of nitrogens with one attached hydrogen (secondary N) is 1. The maximum atomic E-state index is 12.6. The van der Waals surface area contributed by atoms with Crippen LogP contribution in [0.25, 0.3) is 0 Å². The van der Waals surface area contributed by atoms with Gasteiger partial charge in [0.1, 0.15) is 0 Å². The van der Waals surface area contributed by atoms with Gasteiger partial charge < -0.3 is 5.32 Å². The molecule has 1 amide bonds. The van der Waals surface area contributed by atoms with Crippen molar-refractivity contribution in [2.45, 2.75) is 38.3 Å². The second-order valence-corrected chi connectivity index (χ2v) is 5.51. The van der Waals surface area contributed by atoms with E-state index in [0.717, 1.165) is 25.0 Å². The number of amides is 1. The van der Waals surface area contributed by atoms with E-state index in [-0.39, 0.29) is 12.5 Å². The number of carbonyl (C=O) groups is 1. The van der Waals surface area contributed by atoms with E-state index in [1.807, 2.05) is 0 Å². The van der Waals surface area contributed by atoms with E-state index in [0.29, 0.717) is 17.9 Å². The highest BCUT2D eigenvalue weighted by Crippen LogP contribution is 2.29. The van der Waals surface area contributed by atoms with Crippen molar-refractivity contribution >= 4 is 5.91 Å². The molecule has 1 saturated carbocycles. The number of carbonyl (C=O) groups excluding carboxylic acids is 1. The Morgan fingerprint density at radius 3 is 2.68 bits per heavy atom. The van der Waals surface area contributed by atoms with Crippen molar-refractivity contribution in [3.8, 4) is 11.8 Å². The van der Waals surface area contributed by atoms with Crippen LogP contribution in [-0.2, 0) is 11.0 Å². The summed E-state index contributed by atoms with van der Waals surface area (Å²) < 4.78 is 37.7. The zero-order valence-corrected chi connectivity index (χ0v) is 12.2. The Labute approximate surface area is 128 Å². The molecule has 0 aliphatic heterocycles. The molecule has 0 bridgehead atoms. The first-order chi connectivity index (χ1) is 10.4. The molecule has 1 aromatic rings. The van der Waals surface area contributed by atoms with Crippen molar-refractivity contribution in [2.24, 2.45) is 5.92 Å². The second-order valence-electron chi connectivity index (χ2n) is 5.51. The monoisotopic (exact) mass is 309 g/mol. The molecule has 0 saturated heterocycles. The van der Waals surface area contributed by atoms with Gasteiger partial charge in [0, 0.05) is 12.0 Å². The molecule has 2 rings (SSSR count). The molecule has 1 aliphatic rings. The highest BCUT2D eigenvalue weighted by atomic mass is 19.4. The minimum Gasteiger partial charge on any atom is -0.345 e. The molecule has 0 radical (unpaired) electrons. The maximum Gasteiger partial charge on any atom is 0.416 e. The number of benzene rings is 1. The van der Waals surface area contributed by atoms with Crippen LogP contribution in [0.5, 0.6) is 0 Å². The quantitative estimate of drug-likeness (QED) is 0.847. The van der Waals surface area contributed by atoms with Crippen LogP contribution in [0.3, 0.4) is 0 Å². The lowest BCUT2D eigenvalue weighted by Gasteiger charge is -2.07. The molecule has 5 heteroatoms. The van der Waals surface area contributed by atoms with E-state index in [9.17, 15) is 18.0 Å². The molecule has 1 N–H and O–H groups in total. The zero-order valence-electron chi connectivity index (χ0n) is 12.2. The minimum atomic E-state index is -4.37. The standard InChI is InChI=1S/C17H18F3NO/c18-17(19,20)15-9-3-7-13(11-15)8-4-10-21-16(22)12-14-5-1-2-6-14/h3,7,9,11,14H,1-2,5-6,10,12H2,(H,21,22). The Morgan fingerprint density at radius 2 is 2.00 bits per heavy atom. The molecule has 1 aromatic carbocycles. The SMILES string of the molecule is O=C(CC1CCCC1)NCC#Cc1cccc(C(F)(F)F)c1. The van der Waals surface area contributed by atoms with Gasteiger partial charge in [-0.2, -0.15) is 13.2 Å². The third kappa shape index (κ3) is 5.10. The van der Waals surface area contributed by atoms with Gasteiger partial charge in [-0.1, -0.05) is 30.7 Å². The summed E-state index contributed by atoms with van der Waals surface area (Å²) in [6.45, 7) is 0.155. The van der Waals surface area contributed by atoms with Crippen molar-refractivity contribution in [1.29, 1.82) is 0 Å². The molecule has 1 fully saturated rings. The number of alkyl halides is 3. The normalized spacial score (nSPS) is 15.2. The third-order valence-electron chi connectivity index (χ3n) is 3.75. The fourth-order valence-corrected chi connectivity index (χ4v) is 2.61. The second kappa shape index (κ2) is 7.35. The van der Waals surface area contributed by atoms with Gasteiger partial charge in [-0.15, -0.1) is 0 Å². The Bertz CT molecular complexity index is 578. The summed E-state index contributed by atoms with van der Waals surface area (Å²) in [5, 5.41) is 2.69. The highest BCUT2D eigenvalue weighted by molar-refractivity contribution is 5.76. The fourth-order valence-electron chi connectivity index (χ4n) is 2.61. The molecular weight excluding hydrogens is 291 g/mol. The molecule has 0 aromatic heterocycles. The van der Waals surface area contributed by atoms with Crippen molar-refractivity contribution < 1.29 is 18.0 Å². The van der Waals surface area contributed by atoms with E-state index in [1.165, 1.54) is 25.0 Å². The van der Waals surface area contributed by atoms with Crippen LogP contribution in [-0.4, -0.2) is 12.5 Å². The first-order valence-corrected chi connectivity index (χ1v) is 7.38. The molecule has 22 heavy (non-hydrogen) atoms. The van der Waals surface area contributed by atoms with E-state index < -0.39 is 11.7 Å². The lowest BCUT2D eigenvalue weighted by molar-refractivity contribution is -0.137. The Balaban J connectivity index is 1.82. The van der Waals surface area contributed by atoms with Crippen molar-refractivity contribution in [2.75, 3.05) is 6.54 Å². The molecule has 2 nitrogen and oxygen atoms in total. The van der Waals surface area contributed by atoms with Crippen LogP contribution >= 0.6 is 0 Å². The highest BCUT2D eigenvalue weighted by Gasteiger charge is 2.30. The van der Waals surface area contributed by atoms with Gasteiger partial charge in [0.05, 0.1) is 12.1 Å². The van der Waals surface area contributed by atoms with Crippen molar-refractivity contribution in [1.82, 2.24) is 5.32 Å². The summed E-state index contributed by atoms with van der Waals surface area (Å²) in [5.41, 5.74) is -0.426. The average Bonchev–Trinajstić information content (AvgIpc) is 2.96. The Morgan fingerprint density at radius 1 is 1.27 bits per heavy atom. The van der Waals surface area contributed by atoms with Gasteiger partial charge in [-0.25, -0.2) is 0 Å². The number of hydrogen-bond acceptors (Lipinski definition) is 1. The topological polar surface area (TPSA) is 29.1 Å². The molecular formula is C17H18F3NO. The predicted molar refractivity (Wildman–Crippen MR) is 77.9 cm³/mol. The third-order valence-corrected chi connectivity index (χ3v) is 3.75. The van der Waals surface area contributed by atoms with Crippen LogP contribution < -0.4 is 5.32 Å². The minimum absolute atomic E-state index is 0.0368. The molecule has 0 atom stereocenters. The van der Waals surface area contributed by atoms with Crippen LogP contribution in [0, 0.1) is 17.8 Å². The maximum absolute atomic E-state index is 12.6. The van der Waals surface area contributed by atoms with E-state index >= 15 is 0 Å². The largest absolute Gasteiger partial charge is 0.416 e. The molecule has 0 unspecified atom stereocenters. The van der Waals surface area contributed by atoms with E-state index in [4.69, 9.17) is 0 Å².